The van der Waals surface area contributed by atoms with Crippen LogP contribution in [0.4, 0.5) is 0 Å². The Hall–Kier alpha value is -4.19. The molecule has 0 aliphatic rings. The molecule has 0 aliphatic carbocycles. The molecule has 0 radical (unpaired) electrons. The first-order valence-corrected chi connectivity index (χ1v) is 23.0. The summed E-state index contributed by atoms with van der Waals surface area (Å²) in [5.74, 6) is -1.03. The fourth-order valence-corrected chi connectivity index (χ4v) is 5.55. The van der Waals surface area contributed by atoms with Crippen molar-refractivity contribution in [3.63, 3.8) is 0 Å². The number of carbonyl (C=O) groups is 3. The third-order valence-corrected chi connectivity index (χ3v) is 8.96. The van der Waals surface area contributed by atoms with Gasteiger partial charge in [-0.15, -0.1) is 0 Å². The van der Waals surface area contributed by atoms with E-state index in [1.807, 2.05) is 0 Å². The van der Waals surface area contributed by atoms with E-state index < -0.39 is 6.10 Å². The van der Waals surface area contributed by atoms with E-state index in [1.165, 1.54) is 0 Å². The minimum Gasteiger partial charge on any atom is -0.462 e. The highest BCUT2D eigenvalue weighted by Crippen LogP contribution is 2.10. The van der Waals surface area contributed by atoms with Crippen LogP contribution in [0.15, 0.2) is 122 Å². The van der Waals surface area contributed by atoms with Crippen LogP contribution in [-0.4, -0.2) is 37.2 Å². The van der Waals surface area contributed by atoms with Crippen LogP contribution in [0.25, 0.3) is 0 Å². The van der Waals surface area contributed by atoms with Crippen molar-refractivity contribution in [2.75, 3.05) is 13.2 Å². The fourth-order valence-electron chi connectivity index (χ4n) is 5.55. The summed E-state index contributed by atoms with van der Waals surface area (Å²) in [5, 5.41) is 0. The number of esters is 3. The Bertz CT molecular complexity index is 1300. The quantitative estimate of drug-likeness (QED) is 0.0266. The molecule has 0 bridgehead atoms. The first-order valence-electron chi connectivity index (χ1n) is 23.0. The minimum absolute atomic E-state index is 0.114. The Morgan fingerprint density at radius 2 is 0.661 bits per heavy atom. The van der Waals surface area contributed by atoms with Gasteiger partial charge in [-0.25, -0.2) is 0 Å². The van der Waals surface area contributed by atoms with E-state index in [4.69, 9.17) is 14.2 Å². The molecule has 0 aromatic heterocycles. The van der Waals surface area contributed by atoms with Crippen LogP contribution in [0.1, 0.15) is 175 Å². The zero-order chi connectivity index (χ0) is 43.0. The minimum atomic E-state index is -0.816. The van der Waals surface area contributed by atoms with Crippen molar-refractivity contribution in [3.05, 3.63) is 122 Å². The second kappa shape index (κ2) is 46.5. The van der Waals surface area contributed by atoms with Crippen LogP contribution in [0.2, 0.25) is 0 Å². The molecule has 0 fully saturated rings. The average Bonchev–Trinajstić information content (AvgIpc) is 3.23. The fraction of sp³-hybridized carbons (Fsp3) is 0.566. The van der Waals surface area contributed by atoms with Gasteiger partial charge in [0.15, 0.2) is 6.10 Å². The predicted octanol–water partition coefficient (Wildman–Crippen LogP) is 15.0. The highest BCUT2D eigenvalue weighted by atomic mass is 16.6. The zero-order valence-corrected chi connectivity index (χ0v) is 37.5. The topological polar surface area (TPSA) is 78.9 Å². The normalized spacial score (nSPS) is 13.2. The first-order chi connectivity index (χ1) is 29.0. The zero-order valence-electron chi connectivity index (χ0n) is 37.5. The van der Waals surface area contributed by atoms with Crippen molar-refractivity contribution >= 4 is 17.9 Å². The third kappa shape index (κ3) is 44.8. The predicted molar refractivity (Wildman–Crippen MR) is 251 cm³/mol. The van der Waals surface area contributed by atoms with Gasteiger partial charge in [0.25, 0.3) is 0 Å². The summed E-state index contributed by atoms with van der Waals surface area (Å²) in [5.41, 5.74) is 0. The van der Waals surface area contributed by atoms with Gasteiger partial charge in [0.1, 0.15) is 13.2 Å². The number of ether oxygens (including phenoxy) is 3. The molecule has 6 heteroatoms. The molecule has 0 saturated carbocycles. The molecular weight excluding hydrogens is 733 g/mol. The lowest BCUT2D eigenvalue weighted by Gasteiger charge is -2.18. The van der Waals surface area contributed by atoms with Crippen LogP contribution in [0.3, 0.4) is 0 Å². The Labute approximate surface area is 361 Å². The molecular formula is C53H82O6. The molecule has 0 heterocycles. The molecule has 0 spiro atoms. The van der Waals surface area contributed by atoms with Crippen LogP contribution in [0, 0.1) is 0 Å². The van der Waals surface area contributed by atoms with Crippen molar-refractivity contribution in [1.82, 2.24) is 0 Å². The number of hydrogen-bond donors (Lipinski definition) is 0. The van der Waals surface area contributed by atoms with Crippen molar-refractivity contribution in [2.24, 2.45) is 0 Å². The number of allylic oxidation sites excluding steroid dienone is 20. The van der Waals surface area contributed by atoms with Crippen LogP contribution < -0.4 is 0 Å². The first kappa shape index (κ1) is 54.8. The Kier molecular flexibility index (Phi) is 43.2. The van der Waals surface area contributed by atoms with Crippen molar-refractivity contribution in [3.8, 4) is 0 Å². The molecule has 330 valence electrons. The molecule has 0 amide bonds. The van der Waals surface area contributed by atoms with E-state index in [2.05, 4.69) is 142 Å². The Morgan fingerprint density at radius 3 is 1.02 bits per heavy atom. The second-order valence-corrected chi connectivity index (χ2v) is 14.5. The lowest BCUT2D eigenvalue weighted by molar-refractivity contribution is -0.167. The number of unbranched alkanes of at least 4 members (excludes halogenated alkanes) is 8. The van der Waals surface area contributed by atoms with Gasteiger partial charge in [-0.1, -0.05) is 168 Å². The summed E-state index contributed by atoms with van der Waals surface area (Å²) in [6.45, 7) is 6.21. The van der Waals surface area contributed by atoms with Gasteiger partial charge in [-0.3, -0.25) is 14.4 Å². The van der Waals surface area contributed by atoms with Gasteiger partial charge in [0, 0.05) is 19.3 Å². The van der Waals surface area contributed by atoms with Gasteiger partial charge in [0.05, 0.1) is 0 Å². The summed E-state index contributed by atoms with van der Waals surface area (Å²) >= 11 is 0. The molecule has 0 rings (SSSR count). The van der Waals surface area contributed by atoms with E-state index in [9.17, 15) is 14.4 Å². The van der Waals surface area contributed by atoms with E-state index in [-0.39, 0.29) is 44.0 Å². The van der Waals surface area contributed by atoms with Crippen molar-refractivity contribution in [2.45, 2.75) is 181 Å². The maximum absolute atomic E-state index is 12.7. The van der Waals surface area contributed by atoms with E-state index in [0.29, 0.717) is 19.3 Å². The van der Waals surface area contributed by atoms with E-state index in [1.54, 1.807) is 0 Å². The lowest BCUT2D eigenvalue weighted by atomic mass is 10.1. The maximum Gasteiger partial charge on any atom is 0.306 e. The molecule has 59 heavy (non-hydrogen) atoms. The molecule has 1 unspecified atom stereocenters. The highest BCUT2D eigenvalue weighted by Gasteiger charge is 2.19. The third-order valence-electron chi connectivity index (χ3n) is 8.96. The summed E-state index contributed by atoms with van der Waals surface area (Å²) in [6, 6.07) is 0. The largest absolute Gasteiger partial charge is 0.462 e. The Morgan fingerprint density at radius 1 is 0.356 bits per heavy atom. The van der Waals surface area contributed by atoms with Crippen molar-refractivity contribution in [1.29, 1.82) is 0 Å². The van der Waals surface area contributed by atoms with Gasteiger partial charge >= 0.3 is 17.9 Å². The van der Waals surface area contributed by atoms with Crippen molar-refractivity contribution < 1.29 is 28.6 Å². The van der Waals surface area contributed by atoms with E-state index >= 15 is 0 Å². The number of hydrogen-bond acceptors (Lipinski definition) is 6. The summed E-state index contributed by atoms with van der Waals surface area (Å²) in [4.78, 5) is 37.5. The van der Waals surface area contributed by atoms with Crippen LogP contribution in [0.5, 0.6) is 0 Å². The molecule has 1 atom stereocenters. The maximum atomic E-state index is 12.7. The average molecular weight is 815 g/mol. The standard InChI is InChI=1S/C53H82O6/c1-4-7-10-13-15-17-19-21-23-24-25-26-27-28-30-31-33-35-37-40-43-46-52(55)58-49-50(48-57-51(54)45-42-39-12-9-6-3)59-53(56)47-44-41-38-36-34-32-29-22-20-18-16-14-11-8-5-2/h7-8,10-11,15-18,21-23,25-26,28-30,33-36,50H,4-6,9,12-14,19-20,24,27,31-32,37-49H2,1-3H3/b10-7-,11-8-,17-15-,18-16-,23-21-,26-25-,29-22-,30-28-,35-33-,36-34-. The highest BCUT2D eigenvalue weighted by molar-refractivity contribution is 5.71. The smallest absolute Gasteiger partial charge is 0.306 e. The number of rotatable bonds is 39. The van der Waals surface area contributed by atoms with Crippen LogP contribution in [-0.2, 0) is 28.6 Å². The van der Waals surface area contributed by atoms with Crippen LogP contribution >= 0.6 is 0 Å². The van der Waals surface area contributed by atoms with Gasteiger partial charge < -0.3 is 14.2 Å². The molecule has 0 aromatic carbocycles. The SMILES string of the molecule is CC/C=C\C/C=C\C/C=C\C/C=C\C/C=C\C/C=C\CCCCC(=O)OCC(COC(=O)CCCCCCC)OC(=O)CCCC/C=C\C/C=C\C/C=C\C/C=C\CC. The summed E-state index contributed by atoms with van der Waals surface area (Å²) in [7, 11) is 0. The molecule has 0 aromatic rings. The summed E-state index contributed by atoms with van der Waals surface area (Å²) in [6.07, 6.45) is 63.6. The molecule has 0 N–H and O–H groups in total. The number of carbonyl (C=O) groups excluding carboxylic acids is 3. The molecule has 6 nitrogen and oxygen atoms in total. The van der Waals surface area contributed by atoms with E-state index in [0.717, 1.165) is 122 Å². The lowest BCUT2D eigenvalue weighted by Crippen LogP contribution is -2.30. The second-order valence-electron chi connectivity index (χ2n) is 14.5. The molecule has 0 saturated heterocycles. The molecule has 0 aliphatic heterocycles. The Balaban J connectivity index is 4.39. The van der Waals surface area contributed by atoms with Gasteiger partial charge in [-0.2, -0.15) is 0 Å². The van der Waals surface area contributed by atoms with Gasteiger partial charge in [0.2, 0.25) is 0 Å². The summed E-state index contributed by atoms with van der Waals surface area (Å²) < 4.78 is 16.5. The van der Waals surface area contributed by atoms with Gasteiger partial charge in [-0.05, 0) is 109 Å². The monoisotopic (exact) mass is 815 g/mol.